The van der Waals surface area contributed by atoms with E-state index in [2.05, 4.69) is 56.3 Å². The smallest absolute Gasteiger partial charge is 0.0752 e. The molecule has 1 fully saturated rings. The first-order chi connectivity index (χ1) is 8.75. The maximum absolute atomic E-state index is 4.51. The van der Waals surface area contributed by atoms with Crippen molar-refractivity contribution in [3.8, 4) is 0 Å². The van der Waals surface area contributed by atoms with Crippen LogP contribution in [0.3, 0.4) is 0 Å². The fourth-order valence-electron chi connectivity index (χ4n) is 2.56. The van der Waals surface area contributed by atoms with Crippen molar-refractivity contribution in [1.82, 2.24) is 10.3 Å². The van der Waals surface area contributed by atoms with Crippen LogP contribution >= 0.6 is 15.9 Å². The molecule has 3 nitrogen and oxygen atoms in total. The highest BCUT2D eigenvalue weighted by Gasteiger charge is 2.14. The summed E-state index contributed by atoms with van der Waals surface area (Å²) in [5, 5.41) is 4.63. The van der Waals surface area contributed by atoms with Crippen LogP contribution in [0.4, 0.5) is 5.69 Å². The van der Waals surface area contributed by atoms with Gasteiger partial charge in [-0.15, -0.1) is 0 Å². The Bertz CT molecular complexity index is 577. The normalized spacial score (nSPS) is 16.2. The largest absolute Gasteiger partial charge is 0.368 e. The Morgan fingerprint density at radius 3 is 2.83 bits per heavy atom. The van der Waals surface area contributed by atoms with E-state index in [1.165, 1.54) is 16.6 Å². The summed E-state index contributed by atoms with van der Waals surface area (Å²) in [6, 6.07) is 6.42. The highest BCUT2D eigenvalue weighted by molar-refractivity contribution is 9.10. The van der Waals surface area contributed by atoms with Gasteiger partial charge < -0.3 is 10.2 Å². The minimum absolute atomic E-state index is 1.05. The predicted octanol–water partition coefficient (Wildman–Crippen LogP) is 2.72. The minimum atomic E-state index is 1.05. The third kappa shape index (κ3) is 2.10. The van der Waals surface area contributed by atoms with E-state index in [-0.39, 0.29) is 0 Å². The van der Waals surface area contributed by atoms with Crippen molar-refractivity contribution in [3.63, 3.8) is 0 Å². The standard InChI is InChI=1S/C14H16BrN3/c1-10-8-11(15)9-12-13(2-3-17-14(10)12)18-6-4-16-5-7-18/h2-3,8-9,16H,4-7H2,1H3. The summed E-state index contributed by atoms with van der Waals surface area (Å²) in [5.41, 5.74) is 3.62. The number of anilines is 1. The average Bonchev–Trinajstić information content (AvgIpc) is 2.39. The van der Waals surface area contributed by atoms with Gasteiger partial charge in [-0.2, -0.15) is 0 Å². The first kappa shape index (κ1) is 11.9. The van der Waals surface area contributed by atoms with E-state index in [0.717, 1.165) is 36.2 Å². The van der Waals surface area contributed by atoms with Gasteiger partial charge in [0.1, 0.15) is 0 Å². The van der Waals surface area contributed by atoms with Crippen molar-refractivity contribution < 1.29 is 0 Å². The fourth-order valence-corrected chi connectivity index (χ4v) is 3.13. The number of rotatable bonds is 1. The molecule has 1 N–H and O–H groups in total. The van der Waals surface area contributed by atoms with Crippen LogP contribution in [0.5, 0.6) is 0 Å². The molecule has 0 bridgehead atoms. The van der Waals surface area contributed by atoms with Crippen LogP contribution in [-0.2, 0) is 0 Å². The minimum Gasteiger partial charge on any atom is -0.368 e. The maximum atomic E-state index is 4.51. The Morgan fingerprint density at radius 1 is 1.28 bits per heavy atom. The lowest BCUT2D eigenvalue weighted by molar-refractivity contribution is 0.590. The van der Waals surface area contributed by atoms with Crippen LogP contribution in [0.25, 0.3) is 10.9 Å². The summed E-state index contributed by atoms with van der Waals surface area (Å²) in [6.07, 6.45) is 1.92. The second kappa shape index (κ2) is 4.86. The van der Waals surface area contributed by atoms with Crippen molar-refractivity contribution in [2.24, 2.45) is 0 Å². The van der Waals surface area contributed by atoms with E-state index in [0.29, 0.717) is 0 Å². The fraction of sp³-hybridized carbons (Fsp3) is 0.357. The maximum Gasteiger partial charge on any atom is 0.0752 e. The number of pyridine rings is 1. The highest BCUT2D eigenvalue weighted by atomic mass is 79.9. The topological polar surface area (TPSA) is 28.2 Å². The SMILES string of the molecule is Cc1cc(Br)cc2c(N3CCNCC3)ccnc12. The number of benzene rings is 1. The van der Waals surface area contributed by atoms with Gasteiger partial charge >= 0.3 is 0 Å². The molecule has 2 aromatic rings. The number of aryl methyl sites for hydroxylation is 1. The summed E-state index contributed by atoms with van der Waals surface area (Å²) in [4.78, 5) is 6.95. The molecule has 1 aliphatic rings. The molecule has 1 aliphatic heterocycles. The number of hydrogen-bond acceptors (Lipinski definition) is 3. The third-order valence-electron chi connectivity index (χ3n) is 3.43. The van der Waals surface area contributed by atoms with Gasteiger partial charge in [-0.1, -0.05) is 15.9 Å². The Labute approximate surface area is 115 Å². The molecule has 0 saturated carbocycles. The predicted molar refractivity (Wildman–Crippen MR) is 79.3 cm³/mol. The number of halogens is 1. The van der Waals surface area contributed by atoms with Crippen LogP contribution in [-0.4, -0.2) is 31.2 Å². The van der Waals surface area contributed by atoms with Crippen LogP contribution < -0.4 is 10.2 Å². The van der Waals surface area contributed by atoms with Crippen molar-refractivity contribution >= 4 is 32.5 Å². The van der Waals surface area contributed by atoms with Gasteiger partial charge in [0.15, 0.2) is 0 Å². The molecule has 1 aromatic carbocycles. The number of aromatic nitrogens is 1. The quantitative estimate of drug-likeness (QED) is 0.878. The van der Waals surface area contributed by atoms with Crippen LogP contribution in [0.15, 0.2) is 28.9 Å². The number of piperazine rings is 1. The van der Waals surface area contributed by atoms with Crippen molar-refractivity contribution in [2.45, 2.75) is 6.92 Å². The molecule has 4 heteroatoms. The van der Waals surface area contributed by atoms with E-state index < -0.39 is 0 Å². The molecule has 0 radical (unpaired) electrons. The first-order valence-corrected chi connectivity index (χ1v) is 7.05. The lowest BCUT2D eigenvalue weighted by Gasteiger charge is -2.30. The molecule has 1 aromatic heterocycles. The van der Waals surface area contributed by atoms with Crippen LogP contribution in [0, 0.1) is 6.92 Å². The van der Waals surface area contributed by atoms with Gasteiger partial charge in [-0.25, -0.2) is 0 Å². The summed E-state index contributed by atoms with van der Waals surface area (Å²) in [7, 11) is 0. The zero-order valence-corrected chi connectivity index (χ0v) is 12.0. The first-order valence-electron chi connectivity index (χ1n) is 6.26. The van der Waals surface area contributed by atoms with Crippen molar-refractivity contribution in [1.29, 1.82) is 0 Å². The summed E-state index contributed by atoms with van der Waals surface area (Å²) < 4.78 is 1.12. The molecular weight excluding hydrogens is 290 g/mol. The lowest BCUT2D eigenvalue weighted by atomic mass is 10.1. The van der Waals surface area contributed by atoms with Gasteiger partial charge in [-0.3, -0.25) is 4.98 Å². The summed E-state index contributed by atoms with van der Waals surface area (Å²) in [6.45, 7) is 6.34. The Kier molecular flexibility index (Phi) is 3.22. The Hall–Kier alpha value is -1.13. The Morgan fingerprint density at radius 2 is 2.06 bits per heavy atom. The number of hydrogen-bond donors (Lipinski definition) is 1. The van der Waals surface area contributed by atoms with Gasteiger partial charge in [-0.05, 0) is 30.7 Å². The zero-order chi connectivity index (χ0) is 12.5. The number of nitrogens with zero attached hydrogens (tertiary/aromatic N) is 2. The van der Waals surface area contributed by atoms with Crippen molar-refractivity contribution in [2.75, 3.05) is 31.1 Å². The molecule has 0 amide bonds. The van der Waals surface area contributed by atoms with E-state index in [4.69, 9.17) is 0 Å². The van der Waals surface area contributed by atoms with E-state index in [1.54, 1.807) is 0 Å². The Balaban J connectivity index is 2.16. The molecular formula is C14H16BrN3. The van der Waals surface area contributed by atoms with Crippen LogP contribution in [0.1, 0.15) is 5.56 Å². The molecule has 0 spiro atoms. The monoisotopic (exact) mass is 305 g/mol. The van der Waals surface area contributed by atoms with Gasteiger partial charge in [0.25, 0.3) is 0 Å². The van der Waals surface area contributed by atoms with E-state index >= 15 is 0 Å². The van der Waals surface area contributed by atoms with Crippen LogP contribution in [0.2, 0.25) is 0 Å². The number of fused-ring (bicyclic) bond motifs is 1. The second-order valence-electron chi connectivity index (χ2n) is 4.69. The van der Waals surface area contributed by atoms with Gasteiger partial charge in [0, 0.05) is 47.9 Å². The summed E-state index contributed by atoms with van der Waals surface area (Å²) in [5.74, 6) is 0. The summed E-state index contributed by atoms with van der Waals surface area (Å²) >= 11 is 3.58. The molecule has 1 saturated heterocycles. The van der Waals surface area contributed by atoms with Gasteiger partial charge in [0.2, 0.25) is 0 Å². The third-order valence-corrected chi connectivity index (χ3v) is 3.89. The lowest BCUT2D eigenvalue weighted by Crippen LogP contribution is -2.43. The molecule has 0 unspecified atom stereocenters. The molecule has 94 valence electrons. The molecule has 3 rings (SSSR count). The second-order valence-corrected chi connectivity index (χ2v) is 5.60. The number of nitrogens with one attached hydrogen (secondary N) is 1. The molecule has 0 atom stereocenters. The van der Waals surface area contributed by atoms with E-state index in [9.17, 15) is 0 Å². The van der Waals surface area contributed by atoms with E-state index in [1.807, 2.05) is 6.20 Å². The average molecular weight is 306 g/mol. The highest BCUT2D eigenvalue weighted by Crippen LogP contribution is 2.30. The van der Waals surface area contributed by atoms with Crippen molar-refractivity contribution in [3.05, 3.63) is 34.4 Å². The molecule has 2 heterocycles. The molecule has 0 aliphatic carbocycles. The molecule has 18 heavy (non-hydrogen) atoms. The zero-order valence-electron chi connectivity index (χ0n) is 10.4. The van der Waals surface area contributed by atoms with Gasteiger partial charge in [0.05, 0.1) is 5.52 Å².